The van der Waals surface area contributed by atoms with Gasteiger partial charge in [-0.05, 0) is 35.4 Å². The molecular formula is C20H20N2O12P2. The molecule has 3 aromatic rings. The Morgan fingerprint density at radius 1 is 0.944 bits per heavy atom. The van der Waals surface area contributed by atoms with E-state index in [2.05, 4.69) is 14.4 Å². The first-order valence-corrected chi connectivity index (χ1v) is 13.0. The van der Waals surface area contributed by atoms with Crippen molar-refractivity contribution in [2.45, 2.75) is 18.9 Å². The number of benzene rings is 2. The molecule has 0 aliphatic carbocycles. The van der Waals surface area contributed by atoms with Gasteiger partial charge in [0.05, 0.1) is 6.42 Å². The van der Waals surface area contributed by atoms with Gasteiger partial charge in [-0.1, -0.05) is 12.1 Å². The summed E-state index contributed by atoms with van der Waals surface area (Å²) in [5.74, 6) is -1.87. The second-order valence-corrected chi connectivity index (χ2v) is 9.79. The molecule has 192 valence electrons. The largest absolute Gasteiger partial charge is 0.524 e. The average Bonchev–Trinajstić information content (AvgIpc) is 2.72. The van der Waals surface area contributed by atoms with E-state index in [4.69, 9.17) is 29.7 Å². The molecule has 14 nitrogen and oxygen atoms in total. The summed E-state index contributed by atoms with van der Waals surface area (Å²) in [5.41, 5.74) is 5.20. The Morgan fingerprint density at radius 3 is 2.11 bits per heavy atom. The molecule has 0 aliphatic heterocycles. The van der Waals surface area contributed by atoms with Crippen molar-refractivity contribution in [2.24, 2.45) is 5.73 Å². The third-order valence-corrected chi connectivity index (χ3v) is 5.54. The summed E-state index contributed by atoms with van der Waals surface area (Å²) < 4.78 is 35.9. The summed E-state index contributed by atoms with van der Waals surface area (Å²) >= 11 is 0. The summed E-state index contributed by atoms with van der Waals surface area (Å²) in [5, 5.41) is 2.75. The van der Waals surface area contributed by atoms with Gasteiger partial charge in [-0.2, -0.15) is 0 Å². The Bertz CT molecular complexity index is 1440. The highest BCUT2D eigenvalue weighted by molar-refractivity contribution is 7.47. The molecule has 2 aromatic carbocycles. The van der Waals surface area contributed by atoms with Gasteiger partial charge in [0.2, 0.25) is 11.8 Å². The topological polar surface area (TPSA) is 236 Å². The highest BCUT2D eigenvalue weighted by Crippen LogP contribution is 2.39. The quantitative estimate of drug-likeness (QED) is 0.152. The Kier molecular flexibility index (Phi) is 7.99. The van der Waals surface area contributed by atoms with Gasteiger partial charge < -0.3 is 24.5 Å². The van der Waals surface area contributed by atoms with Crippen LogP contribution in [0.5, 0.6) is 11.5 Å². The minimum atomic E-state index is -4.85. The number of phosphoric ester groups is 2. The first-order valence-electron chi connectivity index (χ1n) is 9.93. The van der Waals surface area contributed by atoms with E-state index < -0.39 is 39.1 Å². The number of primary amides is 1. The van der Waals surface area contributed by atoms with E-state index in [0.29, 0.717) is 10.9 Å². The van der Waals surface area contributed by atoms with Crippen molar-refractivity contribution in [3.05, 3.63) is 70.1 Å². The zero-order valence-electron chi connectivity index (χ0n) is 18.1. The molecule has 0 spiro atoms. The van der Waals surface area contributed by atoms with Gasteiger partial charge >= 0.3 is 21.3 Å². The molecule has 0 unspecified atom stereocenters. The lowest BCUT2D eigenvalue weighted by Crippen LogP contribution is -2.46. The van der Waals surface area contributed by atoms with Crippen molar-refractivity contribution in [3.63, 3.8) is 0 Å². The molecule has 7 N–H and O–H groups in total. The van der Waals surface area contributed by atoms with Crippen LogP contribution in [0.25, 0.3) is 11.0 Å². The first-order chi connectivity index (χ1) is 16.7. The first kappa shape index (κ1) is 27.1. The van der Waals surface area contributed by atoms with Crippen LogP contribution in [0.15, 0.2) is 57.7 Å². The van der Waals surface area contributed by atoms with E-state index in [0.717, 1.165) is 12.1 Å². The lowest BCUT2D eigenvalue weighted by Gasteiger charge is -2.16. The monoisotopic (exact) mass is 542 g/mol. The molecule has 1 aromatic heterocycles. The lowest BCUT2D eigenvalue weighted by atomic mass is 10.0. The molecule has 1 heterocycles. The van der Waals surface area contributed by atoms with Crippen LogP contribution in [0.4, 0.5) is 0 Å². The van der Waals surface area contributed by atoms with Gasteiger partial charge in [0.15, 0.2) is 0 Å². The number of carbonyl (C=O) groups excluding carboxylic acids is 2. The predicted molar refractivity (Wildman–Crippen MR) is 123 cm³/mol. The molecule has 36 heavy (non-hydrogen) atoms. The maximum Gasteiger partial charge on any atom is 0.524 e. The Balaban J connectivity index is 1.75. The third-order valence-electron chi connectivity index (χ3n) is 4.64. The Labute approximate surface area is 202 Å². The molecule has 0 fully saturated rings. The van der Waals surface area contributed by atoms with Crippen LogP contribution < -0.4 is 25.7 Å². The minimum Gasteiger partial charge on any atom is -0.423 e. The van der Waals surface area contributed by atoms with Crippen LogP contribution >= 0.6 is 15.6 Å². The molecular weight excluding hydrogens is 522 g/mol. The predicted octanol–water partition coefficient (Wildman–Crippen LogP) is 0.491. The standard InChI is InChI=1S/C20H20N2O12P2/c21-20(25)16(7-11-1-3-13(4-2-11)33-35(26,27)28)22-18(23)8-12-9-19(24)32-17-10-14(5-6-15(12)17)34-36(29,30)31/h1-6,9-10,16H,7-8H2,(H2,21,25)(H,22,23)(H2,26,27,28)(H2,29,30,31)/t16-/m0/s1. The summed E-state index contributed by atoms with van der Waals surface area (Å²) in [4.78, 5) is 72.0. The molecule has 0 aliphatic rings. The smallest absolute Gasteiger partial charge is 0.423 e. The van der Waals surface area contributed by atoms with Crippen molar-refractivity contribution >= 4 is 38.4 Å². The number of rotatable bonds is 10. The van der Waals surface area contributed by atoms with Crippen molar-refractivity contribution in [1.82, 2.24) is 5.32 Å². The van der Waals surface area contributed by atoms with Crippen molar-refractivity contribution < 1.29 is 51.8 Å². The summed E-state index contributed by atoms with van der Waals surface area (Å²) in [6.07, 6.45) is -0.405. The molecule has 0 bridgehead atoms. The highest BCUT2D eigenvalue weighted by Gasteiger charge is 2.21. The normalized spacial score (nSPS) is 12.7. The third kappa shape index (κ3) is 8.02. The van der Waals surface area contributed by atoms with Crippen LogP contribution in [-0.4, -0.2) is 37.4 Å². The Morgan fingerprint density at radius 2 is 1.53 bits per heavy atom. The zero-order valence-corrected chi connectivity index (χ0v) is 19.9. The van der Waals surface area contributed by atoms with E-state index in [1.54, 1.807) is 0 Å². The maximum atomic E-state index is 12.7. The van der Waals surface area contributed by atoms with Gasteiger partial charge in [0, 0.05) is 23.9 Å². The van der Waals surface area contributed by atoms with Crippen molar-refractivity contribution in [2.75, 3.05) is 0 Å². The van der Waals surface area contributed by atoms with E-state index in [-0.39, 0.29) is 35.5 Å². The fourth-order valence-electron chi connectivity index (χ4n) is 3.25. The second-order valence-electron chi connectivity index (χ2n) is 7.46. The minimum absolute atomic E-state index is 0.0436. The fraction of sp³-hybridized carbons (Fsp3) is 0.150. The molecule has 2 amide bonds. The van der Waals surface area contributed by atoms with Gasteiger partial charge in [-0.15, -0.1) is 0 Å². The van der Waals surface area contributed by atoms with Crippen molar-refractivity contribution in [3.8, 4) is 11.5 Å². The van der Waals surface area contributed by atoms with Gasteiger partial charge in [0.25, 0.3) is 0 Å². The molecule has 1 atom stereocenters. The number of nitrogens with one attached hydrogen (secondary N) is 1. The zero-order chi connectivity index (χ0) is 26.7. The summed E-state index contributed by atoms with van der Waals surface area (Å²) in [6, 6.07) is 8.96. The van der Waals surface area contributed by atoms with E-state index in [9.17, 15) is 23.5 Å². The SMILES string of the molecule is NC(=O)[C@H](Cc1ccc(OP(=O)(O)O)cc1)NC(=O)Cc1cc(=O)oc2cc(OP(=O)(O)O)ccc12. The molecule has 0 radical (unpaired) electrons. The summed E-state index contributed by atoms with van der Waals surface area (Å²) in [6.45, 7) is 0. The van der Waals surface area contributed by atoms with E-state index in [1.165, 1.54) is 36.4 Å². The maximum absolute atomic E-state index is 12.7. The van der Waals surface area contributed by atoms with Gasteiger partial charge in [0.1, 0.15) is 23.1 Å². The number of carbonyl (C=O) groups is 2. The Hall–Kier alpha value is -3.51. The fourth-order valence-corrected chi connectivity index (χ4v) is 4.04. The lowest BCUT2D eigenvalue weighted by molar-refractivity contribution is -0.126. The molecule has 16 heteroatoms. The molecule has 0 saturated carbocycles. The van der Waals surface area contributed by atoms with Gasteiger partial charge in [-0.25, -0.2) is 13.9 Å². The number of fused-ring (bicyclic) bond motifs is 1. The van der Waals surface area contributed by atoms with Crippen LogP contribution in [0.1, 0.15) is 11.1 Å². The van der Waals surface area contributed by atoms with Crippen molar-refractivity contribution in [1.29, 1.82) is 0 Å². The summed E-state index contributed by atoms with van der Waals surface area (Å²) in [7, 11) is -9.58. The number of hydrogen-bond donors (Lipinski definition) is 6. The van der Waals surface area contributed by atoms with Crippen LogP contribution in [0, 0.1) is 0 Å². The number of nitrogens with two attached hydrogens (primary N) is 1. The number of hydrogen-bond acceptors (Lipinski definition) is 8. The molecule has 0 saturated heterocycles. The van der Waals surface area contributed by atoms with Crippen LogP contribution in [0.2, 0.25) is 0 Å². The van der Waals surface area contributed by atoms with E-state index in [1.807, 2.05) is 0 Å². The molecule has 3 rings (SSSR count). The number of phosphoric acid groups is 2. The van der Waals surface area contributed by atoms with E-state index >= 15 is 0 Å². The average molecular weight is 542 g/mol. The van der Waals surface area contributed by atoms with Crippen LogP contribution in [-0.2, 0) is 31.6 Å². The van der Waals surface area contributed by atoms with Gasteiger partial charge in [-0.3, -0.25) is 29.2 Å². The number of amides is 2. The second kappa shape index (κ2) is 10.6. The van der Waals surface area contributed by atoms with Crippen LogP contribution in [0.3, 0.4) is 0 Å². The highest BCUT2D eigenvalue weighted by atomic mass is 31.2.